The molecule has 0 bridgehead atoms. The van der Waals surface area contributed by atoms with Crippen LogP contribution in [0.4, 0.5) is 0 Å². The first kappa shape index (κ1) is 34.6. The largest absolute Gasteiger partial charge is 0.329 e. The zero-order valence-corrected chi connectivity index (χ0v) is 23.1. The fourth-order valence-corrected chi connectivity index (χ4v) is 4.18. The third-order valence-electron chi connectivity index (χ3n) is 6.01. The lowest BCUT2D eigenvalue weighted by Gasteiger charge is -2.30. The molecule has 0 aromatic carbocycles. The smallest absolute Gasteiger partial charge is 0.0110 e. The number of hydrogen-bond acceptors (Lipinski definition) is 11. The Morgan fingerprint density at radius 3 is 1.17 bits per heavy atom. The van der Waals surface area contributed by atoms with Crippen molar-refractivity contribution in [2.75, 3.05) is 137 Å². The lowest BCUT2D eigenvalue weighted by Crippen LogP contribution is -2.46. The van der Waals surface area contributed by atoms with Crippen molar-refractivity contribution >= 4 is 0 Å². The predicted molar refractivity (Wildman–Crippen MR) is 152 cm³/mol. The Bertz CT molecular complexity index is 422. The van der Waals surface area contributed by atoms with Gasteiger partial charge in [0, 0.05) is 137 Å². The Morgan fingerprint density at radius 1 is 0.429 bits per heavy atom. The summed E-state index contributed by atoms with van der Waals surface area (Å²) < 4.78 is 0. The zero-order valence-electron chi connectivity index (χ0n) is 23.1. The molecule has 0 aromatic rings. The minimum Gasteiger partial charge on any atom is -0.329 e. The Labute approximate surface area is 216 Å². The third kappa shape index (κ3) is 21.4. The van der Waals surface area contributed by atoms with Gasteiger partial charge in [0.1, 0.15) is 0 Å². The average molecular weight is 504 g/mol. The molecule has 0 aromatic heterocycles. The monoisotopic (exact) mass is 504 g/mol. The molecule has 35 heavy (non-hydrogen) atoms. The summed E-state index contributed by atoms with van der Waals surface area (Å²) >= 11 is 0. The fourth-order valence-electron chi connectivity index (χ4n) is 4.18. The van der Waals surface area contributed by atoms with Crippen LogP contribution < -0.4 is 39.3 Å². The van der Waals surface area contributed by atoms with Crippen LogP contribution in [0.15, 0.2) is 0 Å². The highest BCUT2D eigenvalue weighted by Crippen LogP contribution is 1.98. The molecule has 0 radical (unpaired) electrons. The standard InChI is InChI=1S/C24H61N11/c1-24(2)23-35(15-7-29)18-11-31-10-17-34(16-9-30-8-3-25)22-21-33(14-6-28)20-19-32(12-4-26)13-5-27/h24,30-31H,3-23,25-29H2,1-2H3. The average Bonchev–Trinajstić information content (AvgIpc) is 2.82. The Kier molecular flexibility index (Phi) is 24.9. The van der Waals surface area contributed by atoms with E-state index in [2.05, 4.69) is 44.1 Å². The lowest BCUT2D eigenvalue weighted by atomic mass is 10.2. The molecule has 0 atom stereocenters. The molecule has 11 nitrogen and oxygen atoms in total. The van der Waals surface area contributed by atoms with Crippen LogP contribution in [0.3, 0.4) is 0 Å². The molecule has 0 aliphatic heterocycles. The Morgan fingerprint density at radius 2 is 0.771 bits per heavy atom. The molecule has 0 aliphatic rings. The van der Waals surface area contributed by atoms with Gasteiger partial charge in [-0.05, 0) is 5.92 Å². The van der Waals surface area contributed by atoms with Crippen molar-refractivity contribution in [2.45, 2.75) is 13.8 Å². The molecule has 0 unspecified atom stereocenters. The van der Waals surface area contributed by atoms with Crippen molar-refractivity contribution < 1.29 is 0 Å². The molecule has 12 N–H and O–H groups in total. The van der Waals surface area contributed by atoms with Gasteiger partial charge in [0.2, 0.25) is 0 Å². The van der Waals surface area contributed by atoms with Gasteiger partial charge in [-0.3, -0.25) is 14.7 Å². The van der Waals surface area contributed by atoms with Gasteiger partial charge in [-0.15, -0.1) is 0 Å². The first-order valence-electron chi connectivity index (χ1n) is 13.8. The first-order valence-corrected chi connectivity index (χ1v) is 13.8. The van der Waals surface area contributed by atoms with Gasteiger partial charge in [-0.25, -0.2) is 0 Å². The molecule has 0 heterocycles. The highest BCUT2D eigenvalue weighted by molar-refractivity contribution is 4.70. The van der Waals surface area contributed by atoms with Gasteiger partial charge < -0.3 is 44.2 Å². The maximum absolute atomic E-state index is 5.91. The summed E-state index contributed by atoms with van der Waals surface area (Å²) in [5, 5.41) is 7.06. The first-order chi connectivity index (χ1) is 17.0. The maximum atomic E-state index is 5.91. The summed E-state index contributed by atoms with van der Waals surface area (Å²) in [5.41, 5.74) is 28.8. The van der Waals surface area contributed by atoms with E-state index in [1.807, 2.05) is 0 Å². The molecular weight excluding hydrogens is 442 g/mol. The second kappa shape index (κ2) is 25.2. The van der Waals surface area contributed by atoms with E-state index in [-0.39, 0.29) is 0 Å². The maximum Gasteiger partial charge on any atom is 0.0110 e. The number of nitrogens with one attached hydrogen (secondary N) is 2. The van der Waals surface area contributed by atoms with Crippen LogP contribution in [0.1, 0.15) is 13.8 Å². The topological polar surface area (TPSA) is 167 Å². The number of nitrogens with two attached hydrogens (primary N) is 5. The van der Waals surface area contributed by atoms with Crippen molar-refractivity contribution in [1.29, 1.82) is 0 Å². The highest BCUT2D eigenvalue weighted by atomic mass is 15.2. The summed E-state index contributed by atoms with van der Waals surface area (Å²) in [6.07, 6.45) is 0. The predicted octanol–water partition coefficient (Wildman–Crippen LogP) is -3.18. The lowest BCUT2D eigenvalue weighted by molar-refractivity contribution is 0.180. The van der Waals surface area contributed by atoms with Crippen LogP contribution >= 0.6 is 0 Å². The molecule has 0 aliphatic carbocycles. The van der Waals surface area contributed by atoms with Crippen molar-refractivity contribution in [3.05, 3.63) is 0 Å². The van der Waals surface area contributed by atoms with Crippen LogP contribution in [0, 0.1) is 5.92 Å². The summed E-state index contributed by atoms with van der Waals surface area (Å²) in [7, 11) is 0. The van der Waals surface area contributed by atoms with Gasteiger partial charge in [-0.1, -0.05) is 13.8 Å². The second-order valence-electron chi connectivity index (χ2n) is 9.66. The van der Waals surface area contributed by atoms with Crippen LogP contribution in [0.25, 0.3) is 0 Å². The molecular formula is C24H61N11. The van der Waals surface area contributed by atoms with E-state index in [0.29, 0.717) is 38.6 Å². The minimum absolute atomic E-state index is 0.659. The molecule has 11 heteroatoms. The van der Waals surface area contributed by atoms with Crippen LogP contribution in [0.2, 0.25) is 0 Å². The molecule has 0 amide bonds. The van der Waals surface area contributed by atoms with Crippen molar-refractivity contribution in [3.63, 3.8) is 0 Å². The normalized spacial score (nSPS) is 12.3. The molecule has 0 saturated heterocycles. The van der Waals surface area contributed by atoms with E-state index in [9.17, 15) is 0 Å². The SMILES string of the molecule is CC(C)CN(CCN)CCNCCN(CCNCCN)CCN(CCN)CCN(CCN)CCN. The zero-order chi connectivity index (χ0) is 26.2. The van der Waals surface area contributed by atoms with Crippen molar-refractivity contribution in [3.8, 4) is 0 Å². The van der Waals surface area contributed by atoms with Crippen LogP contribution in [-0.4, -0.2) is 157 Å². The molecule has 0 spiro atoms. The van der Waals surface area contributed by atoms with Crippen molar-refractivity contribution in [1.82, 2.24) is 30.2 Å². The summed E-state index contributed by atoms with van der Waals surface area (Å²) in [6, 6.07) is 0. The quantitative estimate of drug-likeness (QED) is 0.0565. The fraction of sp³-hybridized carbons (Fsp3) is 1.00. The molecule has 212 valence electrons. The Balaban J connectivity index is 4.57. The summed E-state index contributed by atoms with van der Waals surface area (Å²) in [5.74, 6) is 0.659. The number of nitrogens with zero attached hydrogens (tertiary/aromatic N) is 4. The van der Waals surface area contributed by atoms with Gasteiger partial charge in [0.05, 0.1) is 0 Å². The second-order valence-corrected chi connectivity index (χ2v) is 9.66. The summed E-state index contributed by atoms with van der Waals surface area (Å²) in [4.78, 5) is 9.79. The van der Waals surface area contributed by atoms with E-state index in [0.717, 1.165) is 105 Å². The van der Waals surface area contributed by atoms with Crippen LogP contribution in [-0.2, 0) is 0 Å². The van der Waals surface area contributed by atoms with Gasteiger partial charge in [0.25, 0.3) is 0 Å². The van der Waals surface area contributed by atoms with E-state index >= 15 is 0 Å². The van der Waals surface area contributed by atoms with Gasteiger partial charge in [0.15, 0.2) is 0 Å². The molecule has 0 rings (SSSR count). The van der Waals surface area contributed by atoms with E-state index in [4.69, 9.17) is 28.7 Å². The number of rotatable bonds is 27. The Hall–Kier alpha value is -0.440. The third-order valence-corrected chi connectivity index (χ3v) is 6.01. The highest BCUT2D eigenvalue weighted by Gasteiger charge is 2.12. The van der Waals surface area contributed by atoms with Gasteiger partial charge in [-0.2, -0.15) is 0 Å². The number of hydrogen-bond donors (Lipinski definition) is 7. The van der Waals surface area contributed by atoms with E-state index < -0.39 is 0 Å². The van der Waals surface area contributed by atoms with E-state index in [1.165, 1.54) is 0 Å². The summed E-state index contributed by atoms with van der Waals surface area (Å²) in [6.45, 7) is 23.5. The van der Waals surface area contributed by atoms with E-state index in [1.54, 1.807) is 0 Å². The molecule has 0 fully saturated rings. The van der Waals surface area contributed by atoms with Gasteiger partial charge >= 0.3 is 0 Å². The van der Waals surface area contributed by atoms with Crippen molar-refractivity contribution in [2.24, 2.45) is 34.6 Å². The molecule has 0 saturated carbocycles. The van der Waals surface area contributed by atoms with Crippen LogP contribution in [0.5, 0.6) is 0 Å². The minimum atomic E-state index is 0.659.